The molecule has 6 rings (SSSR count). The summed E-state index contributed by atoms with van der Waals surface area (Å²) in [5.41, 5.74) is 3.61. The Bertz CT molecular complexity index is 895. The predicted molar refractivity (Wildman–Crippen MR) is 174 cm³/mol. The molecule has 0 N–H and O–H groups in total. The minimum Gasteiger partial charge on any atom is -0.456 e. The van der Waals surface area contributed by atoms with Crippen LogP contribution in [0.1, 0.15) is 128 Å². The van der Waals surface area contributed by atoms with Crippen LogP contribution in [0.4, 0.5) is 0 Å². The average Bonchev–Trinajstić information content (AvgIpc) is 3.01. The van der Waals surface area contributed by atoms with Gasteiger partial charge in [0.1, 0.15) is 11.5 Å². The Hall–Kier alpha value is -0.900. The first-order chi connectivity index (χ1) is 19.4. The largest absolute Gasteiger partial charge is 0.456 e. The van der Waals surface area contributed by atoms with E-state index >= 15 is 0 Å². The van der Waals surface area contributed by atoms with E-state index in [0.717, 1.165) is 22.6 Å². The Morgan fingerprint density at radius 2 is 0.667 bits per heavy atom. The monoisotopic (exact) mass is 562 g/mol. The van der Waals surface area contributed by atoms with Crippen LogP contribution in [0.3, 0.4) is 0 Å². The highest BCUT2D eigenvalue weighted by Crippen LogP contribution is 2.58. The third kappa shape index (κ3) is 6.95. The lowest BCUT2D eigenvalue weighted by Crippen LogP contribution is -2.28. The standard InChI is InChI=1S/C36H52OP2/c1-5-17-29(18-6-1)38(30-19-7-2-8-20-30)35-27-15-13-25-33(35)37-34-26-14-16-28-36(34)39(31-21-9-3-10-22-31)32-23-11-4-12-24-32/h13-16,25-32H,1-12,17-24H2. The Kier molecular flexibility index (Phi) is 10.4. The zero-order valence-electron chi connectivity index (χ0n) is 24.4. The highest BCUT2D eigenvalue weighted by atomic mass is 31.1. The second kappa shape index (κ2) is 14.3. The molecule has 0 radical (unpaired) electrons. The fourth-order valence-electron chi connectivity index (χ4n) is 8.45. The van der Waals surface area contributed by atoms with Crippen LogP contribution in [0.15, 0.2) is 48.5 Å². The molecule has 4 saturated carbocycles. The van der Waals surface area contributed by atoms with E-state index in [0.29, 0.717) is 0 Å². The number of benzene rings is 2. The highest BCUT2D eigenvalue weighted by Gasteiger charge is 2.36. The topological polar surface area (TPSA) is 9.23 Å². The molecule has 0 aliphatic heterocycles. The summed E-state index contributed by atoms with van der Waals surface area (Å²) in [5, 5.41) is 3.20. The number of rotatable bonds is 8. The number of ether oxygens (including phenoxy) is 1. The number of hydrogen-bond acceptors (Lipinski definition) is 1. The smallest absolute Gasteiger partial charge is 0.135 e. The second-order valence-electron chi connectivity index (χ2n) is 13.0. The van der Waals surface area contributed by atoms with Crippen LogP contribution >= 0.6 is 15.8 Å². The first-order valence-electron chi connectivity index (χ1n) is 16.8. The van der Waals surface area contributed by atoms with Gasteiger partial charge in [-0.25, -0.2) is 0 Å². The highest BCUT2D eigenvalue weighted by molar-refractivity contribution is 7.67. The van der Waals surface area contributed by atoms with Crippen LogP contribution in [0.25, 0.3) is 0 Å². The summed E-state index contributed by atoms with van der Waals surface area (Å²) >= 11 is 0. The predicted octanol–water partition coefficient (Wildman–Crippen LogP) is 11.0. The van der Waals surface area contributed by atoms with E-state index in [2.05, 4.69) is 48.5 Å². The molecule has 0 aromatic heterocycles. The van der Waals surface area contributed by atoms with Crippen LogP contribution in [0.5, 0.6) is 11.5 Å². The zero-order chi connectivity index (χ0) is 26.3. The molecule has 2 aromatic carbocycles. The third-order valence-electron chi connectivity index (χ3n) is 10.4. The SMILES string of the molecule is c1ccc(P(C2CCCCC2)C2CCCCC2)c(Oc2ccccc2P(C2CCCCC2)C2CCCCC2)c1. The Balaban J connectivity index is 1.34. The van der Waals surface area contributed by atoms with E-state index in [4.69, 9.17) is 4.74 Å². The van der Waals surface area contributed by atoms with E-state index in [9.17, 15) is 0 Å². The van der Waals surface area contributed by atoms with Crippen molar-refractivity contribution < 1.29 is 4.74 Å². The normalized spacial score (nSPS) is 22.9. The van der Waals surface area contributed by atoms with Crippen molar-refractivity contribution in [3.63, 3.8) is 0 Å². The lowest BCUT2D eigenvalue weighted by Gasteiger charge is -2.40. The molecule has 4 aliphatic rings. The molecule has 0 bridgehead atoms. The van der Waals surface area contributed by atoms with Crippen LogP contribution in [0, 0.1) is 0 Å². The van der Waals surface area contributed by atoms with Crippen LogP contribution in [-0.4, -0.2) is 22.6 Å². The second-order valence-corrected chi connectivity index (χ2v) is 18.5. The molecule has 4 fully saturated rings. The molecular formula is C36H52OP2. The van der Waals surface area contributed by atoms with Gasteiger partial charge in [-0.2, -0.15) is 0 Å². The molecule has 0 unspecified atom stereocenters. The summed E-state index contributed by atoms with van der Waals surface area (Å²) in [7, 11) is -0.356. The Morgan fingerprint density at radius 3 is 0.974 bits per heavy atom. The van der Waals surface area contributed by atoms with Crippen molar-refractivity contribution in [3.05, 3.63) is 48.5 Å². The number of hydrogen-bond donors (Lipinski definition) is 0. The molecule has 39 heavy (non-hydrogen) atoms. The average molecular weight is 563 g/mol. The van der Waals surface area contributed by atoms with E-state index in [1.54, 1.807) is 10.6 Å². The van der Waals surface area contributed by atoms with Crippen molar-refractivity contribution in [3.8, 4) is 11.5 Å². The first kappa shape index (κ1) is 28.2. The van der Waals surface area contributed by atoms with Gasteiger partial charge < -0.3 is 4.74 Å². The van der Waals surface area contributed by atoms with Gasteiger partial charge in [-0.3, -0.25) is 0 Å². The van der Waals surface area contributed by atoms with Crippen molar-refractivity contribution in [2.24, 2.45) is 0 Å². The Morgan fingerprint density at radius 1 is 0.385 bits per heavy atom. The van der Waals surface area contributed by atoms with Crippen molar-refractivity contribution in [2.45, 2.75) is 151 Å². The molecule has 212 valence electrons. The minimum atomic E-state index is -0.178. The molecule has 0 atom stereocenters. The summed E-state index contributed by atoms with van der Waals surface area (Å²) < 4.78 is 7.20. The van der Waals surface area contributed by atoms with E-state index in [1.807, 2.05) is 0 Å². The molecular weight excluding hydrogens is 510 g/mol. The van der Waals surface area contributed by atoms with Gasteiger partial charge in [0.2, 0.25) is 0 Å². The minimum absolute atomic E-state index is 0.178. The molecule has 1 nitrogen and oxygen atoms in total. The zero-order valence-corrected chi connectivity index (χ0v) is 26.2. The van der Waals surface area contributed by atoms with Gasteiger partial charge in [0.25, 0.3) is 0 Å². The van der Waals surface area contributed by atoms with Crippen LogP contribution in [0.2, 0.25) is 0 Å². The lowest BCUT2D eigenvalue weighted by molar-refractivity contribution is 0.478. The summed E-state index contributed by atoms with van der Waals surface area (Å²) in [6.45, 7) is 0. The van der Waals surface area contributed by atoms with Crippen LogP contribution < -0.4 is 15.3 Å². The first-order valence-corrected chi connectivity index (χ1v) is 19.8. The maximum absolute atomic E-state index is 7.20. The van der Waals surface area contributed by atoms with Gasteiger partial charge in [0, 0.05) is 10.6 Å². The fraction of sp³-hybridized carbons (Fsp3) is 0.667. The molecule has 0 spiro atoms. The molecule has 3 heteroatoms. The van der Waals surface area contributed by atoms with Crippen molar-refractivity contribution in [1.29, 1.82) is 0 Å². The van der Waals surface area contributed by atoms with Gasteiger partial charge in [0.15, 0.2) is 0 Å². The third-order valence-corrected chi connectivity index (χ3v) is 17.4. The maximum Gasteiger partial charge on any atom is 0.135 e. The van der Waals surface area contributed by atoms with Crippen molar-refractivity contribution in [2.75, 3.05) is 0 Å². The van der Waals surface area contributed by atoms with Crippen LogP contribution in [-0.2, 0) is 0 Å². The Labute approximate surface area is 241 Å². The summed E-state index contributed by atoms with van der Waals surface area (Å²) in [6.07, 6.45) is 28.9. The van der Waals surface area contributed by atoms with E-state index in [-0.39, 0.29) is 15.8 Å². The van der Waals surface area contributed by atoms with E-state index in [1.165, 1.54) is 140 Å². The quantitative estimate of drug-likeness (QED) is 0.291. The summed E-state index contributed by atoms with van der Waals surface area (Å²) in [4.78, 5) is 0. The molecule has 0 amide bonds. The molecule has 4 aliphatic carbocycles. The van der Waals surface area contributed by atoms with Gasteiger partial charge in [-0.05, 0) is 86.1 Å². The molecule has 2 aromatic rings. The van der Waals surface area contributed by atoms with E-state index < -0.39 is 0 Å². The van der Waals surface area contributed by atoms with Crippen molar-refractivity contribution >= 4 is 26.5 Å². The maximum atomic E-state index is 7.20. The number of para-hydroxylation sites is 2. The molecule has 0 heterocycles. The summed E-state index contributed by atoms with van der Waals surface area (Å²) in [6, 6.07) is 18.7. The van der Waals surface area contributed by atoms with Gasteiger partial charge in [-0.15, -0.1) is 0 Å². The van der Waals surface area contributed by atoms with Gasteiger partial charge >= 0.3 is 0 Å². The van der Waals surface area contributed by atoms with Gasteiger partial charge in [0.05, 0.1) is 0 Å². The fourth-order valence-corrected chi connectivity index (χ4v) is 16.2. The van der Waals surface area contributed by atoms with Crippen molar-refractivity contribution in [1.82, 2.24) is 0 Å². The summed E-state index contributed by atoms with van der Waals surface area (Å²) in [5.74, 6) is 2.41. The van der Waals surface area contributed by atoms with Gasteiger partial charge in [-0.1, -0.05) is 129 Å². The lowest BCUT2D eigenvalue weighted by atomic mass is 9.99. The molecule has 0 saturated heterocycles.